The van der Waals surface area contributed by atoms with E-state index >= 15 is 0 Å². The fraction of sp³-hybridized carbons (Fsp3) is 1.00. The van der Waals surface area contributed by atoms with Crippen molar-refractivity contribution in [2.24, 2.45) is 5.92 Å². The molecule has 0 spiro atoms. The van der Waals surface area contributed by atoms with Gasteiger partial charge in [-0.05, 0) is 0 Å². The monoisotopic (exact) mass is 212 g/mol. The van der Waals surface area contributed by atoms with E-state index in [1.165, 1.54) is 0 Å². The Kier molecular flexibility index (Phi) is 1.97. The highest BCUT2D eigenvalue weighted by atomic mass is 31.2. The molecule has 3 aliphatic heterocycles. The lowest BCUT2D eigenvalue weighted by molar-refractivity contribution is -0.0476. The molecule has 6 nitrogen and oxygen atoms in total. The molecule has 0 aromatic carbocycles. The minimum atomic E-state index is -3.52. The first-order chi connectivity index (χ1) is 5.61. The van der Waals surface area contributed by atoms with Crippen LogP contribution < -0.4 is 0 Å². The minimum Gasteiger partial charge on any atom is -0.286 e. The molecular weight excluding hydrogens is 206 g/mol. The molecule has 3 saturated heterocycles. The Morgan fingerprint density at radius 2 is 1.83 bits per heavy atom. The summed E-state index contributed by atoms with van der Waals surface area (Å²) in [7, 11) is -6.24. The predicted octanol–water partition coefficient (Wildman–Crippen LogP) is 1.29. The van der Waals surface area contributed by atoms with Gasteiger partial charge in [-0.1, -0.05) is 0 Å². The maximum Gasteiger partial charge on any atom is 0.475 e. The zero-order valence-corrected chi connectivity index (χ0v) is 7.70. The van der Waals surface area contributed by atoms with Gasteiger partial charge < -0.3 is 0 Å². The van der Waals surface area contributed by atoms with Gasteiger partial charge in [-0.3, -0.25) is 13.6 Å². The number of hydrogen-bond donors (Lipinski definition) is 0. The van der Waals surface area contributed by atoms with E-state index in [9.17, 15) is 13.7 Å². The first-order valence-corrected chi connectivity index (χ1v) is 6.02. The Labute approximate surface area is 68.6 Å². The van der Waals surface area contributed by atoms with E-state index in [1.807, 2.05) is 0 Å². The smallest absolute Gasteiger partial charge is 0.286 e. The summed E-state index contributed by atoms with van der Waals surface area (Å²) >= 11 is 0. The lowest BCUT2D eigenvalue weighted by Crippen LogP contribution is -2.37. The average molecular weight is 212 g/mol. The van der Waals surface area contributed by atoms with Crippen molar-refractivity contribution in [3.05, 3.63) is 0 Å². The van der Waals surface area contributed by atoms with E-state index in [4.69, 9.17) is 0 Å². The Morgan fingerprint density at radius 3 is 2.17 bits per heavy atom. The van der Waals surface area contributed by atoms with Gasteiger partial charge in [0.1, 0.15) is 0 Å². The van der Waals surface area contributed by atoms with Crippen molar-refractivity contribution in [2.75, 3.05) is 13.2 Å². The SMILES string of the molecule is O=P(=O)C1OP2(=O)OCC1CO2. The maximum atomic E-state index is 11.2. The average Bonchev–Trinajstić information content (AvgIpc) is 2.04. The molecule has 3 rings (SSSR count). The molecule has 0 radical (unpaired) electrons. The summed E-state index contributed by atoms with van der Waals surface area (Å²) < 4.78 is 46.4. The van der Waals surface area contributed by atoms with Crippen molar-refractivity contribution in [1.82, 2.24) is 0 Å². The molecule has 3 heterocycles. The Bertz CT molecular complexity index is 289. The molecular formula is C4H6O6P2. The largest absolute Gasteiger partial charge is 0.475 e. The van der Waals surface area contributed by atoms with E-state index in [1.54, 1.807) is 0 Å². The van der Waals surface area contributed by atoms with Gasteiger partial charge in [-0.25, -0.2) is 13.7 Å². The second kappa shape index (κ2) is 2.76. The molecule has 0 amide bonds. The Balaban J connectivity index is 2.27. The van der Waals surface area contributed by atoms with Gasteiger partial charge in [0, 0.05) is 5.92 Å². The summed E-state index contributed by atoms with van der Waals surface area (Å²) in [5, 5.41) is 0. The van der Waals surface area contributed by atoms with E-state index < -0.39 is 21.3 Å². The highest BCUT2D eigenvalue weighted by Gasteiger charge is 2.49. The van der Waals surface area contributed by atoms with Gasteiger partial charge in [0.25, 0.3) is 0 Å². The van der Waals surface area contributed by atoms with Crippen LogP contribution in [0.2, 0.25) is 0 Å². The molecule has 3 fully saturated rings. The molecule has 8 heteroatoms. The summed E-state index contributed by atoms with van der Waals surface area (Å²) in [6.07, 6.45) is 0. The lowest BCUT2D eigenvalue weighted by Gasteiger charge is -2.36. The fourth-order valence-electron chi connectivity index (χ4n) is 1.11. The normalized spacial score (nSPS) is 46.0. The molecule has 0 aromatic rings. The fourth-order valence-corrected chi connectivity index (χ4v) is 3.67. The quantitative estimate of drug-likeness (QED) is 0.609. The highest BCUT2D eigenvalue weighted by Crippen LogP contribution is 2.61. The van der Waals surface area contributed by atoms with Gasteiger partial charge in [-0.2, -0.15) is 0 Å². The molecule has 3 aliphatic rings. The van der Waals surface area contributed by atoms with Crippen LogP contribution in [-0.4, -0.2) is 19.1 Å². The van der Waals surface area contributed by atoms with Crippen molar-refractivity contribution in [2.45, 2.75) is 5.85 Å². The van der Waals surface area contributed by atoms with Crippen LogP contribution in [0.25, 0.3) is 0 Å². The van der Waals surface area contributed by atoms with Crippen molar-refractivity contribution >= 4 is 15.5 Å². The van der Waals surface area contributed by atoms with Crippen LogP contribution in [0.3, 0.4) is 0 Å². The van der Waals surface area contributed by atoms with Crippen LogP contribution in [0.15, 0.2) is 0 Å². The molecule has 1 unspecified atom stereocenters. The van der Waals surface area contributed by atoms with Crippen LogP contribution in [0.4, 0.5) is 0 Å². The van der Waals surface area contributed by atoms with Gasteiger partial charge in [-0.15, -0.1) is 0 Å². The molecule has 2 bridgehead atoms. The predicted molar refractivity (Wildman–Crippen MR) is 36.2 cm³/mol. The van der Waals surface area contributed by atoms with Crippen LogP contribution >= 0.6 is 15.5 Å². The second-order valence-corrected chi connectivity index (χ2v) is 5.28. The topological polar surface area (TPSA) is 78.9 Å². The van der Waals surface area contributed by atoms with Crippen molar-refractivity contribution in [1.29, 1.82) is 0 Å². The summed E-state index contributed by atoms with van der Waals surface area (Å²) in [5.74, 6) is -1.35. The Hall–Kier alpha value is 0.01000. The summed E-state index contributed by atoms with van der Waals surface area (Å²) in [6, 6.07) is 0. The van der Waals surface area contributed by atoms with Gasteiger partial charge in [0.15, 0.2) is 5.85 Å². The number of hydrogen-bond acceptors (Lipinski definition) is 6. The minimum absolute atomic E-state index is 0.130. The van der Waals surface area contributed by atoms with Gasteiger partial charge >= 0.3 is 15.5 Å². The summed E-state index contributed by atoms with van der Waals surface area (Å²) in [5.41, 5.74) is 0. The van der Waals surface area contributed by atoms with E-state index in [-0.39, 0.29) is 19.1 Å². The van der Waals surface area contributed by atoms with Crippen LogP contribution in [-0.2, 0) is 27.3 Å². The second-order valence-electron chi connectivity index (χ2n) is 2.58. The molecule has 12 heavy (non-hydrogen) atoms. The third-order valence-electron chi connectivity index (χ3n) is 1.74. The number of phosphoric ester groups is 1. The lowest BCUT2D eigenvalue weighted by atomic mass is 10.2. The third kappa shape index (κ3) is 1.30. The van der Waals surface area contributed by atoms with E-state index in [2.05, 4.69) is 13.6 Å². The standard InChI is InChI=1S/C4H6O6P2/c5-11(6)4-3-1-8-12(7,10-4)9-2-3/h3-4H,1-2H2. The van der Waals surface area contributed by atoms with Crippen molar-refractivity contribution in [3.63, 3.8) is 0 Å². The maximum absolute atomic E-state index is 11.2. The molecule has 0 aliphatic carbocycles. The van der Waals surface area contributed by atoms with Crippen molar-refractivity contribution < 1.29 is 27.3 Å². The van der Waals surface area contributed by atoms with Crippen LogP contribution in [0.5, 0.6) is 0 Å². The first-order valence-electron chi connectivity index (χ1n) is 3.32. The molecule has 0 saturated carbocycles. The number of rotatable bonds is 1. The number of fused-ring (bicyclic) bond motifs is 3. The highest BCUT2D eigenvalue weighted by molar-refractivity contribution is 7.49. The zero-order chi connectivity index (χ0) is 8.77. The molecule has 1 atom stereocenters. The first kappa shape index (κ1) is 8.60. The van der Waals surface area contributed by atoms with Crippen LogP contribution in [0, 0.1) is 5.92 Å². The zero-order valence-electron chi connectivity index (χ0n) is 5.91. The Morgan fingerprint density at radius 1 is 1.25 bits per heavy atom. The van der Waals surface area contributed by atoms with E-state index in [0.29, 0.717) is 0 Å². The summed E-state index contributed by atoms with van der Waals surface area (Å²) in [6.45, 7) is 0.260. The molecule has 68 valence electrons. The van der Waals surface area contributed by atoms with Gasteiger partial charge in [0.05, 0.1) is 13.2 Å². The van der Waals surface area contributed by atoms with E-state index in [0.717, 1.165) is 0 Å². The van der Waals surface area contributed by atoms with Crippen molar-refractivity contribution in [3.8, 4) is 0 Å². The molecule has 0 N–H and O–H groups in total. The van der Waals surface area contributed by atoms with Gasteiger partial charge in [0.2, 0.25) is 0 Å². The third-order valence-corrected chi connectivity index (χ3v) is 4.27. The van der Waals surface area contributed by atoms with Crippen LogP contribution in [0.1, 0.15) is 0 Å². The summed E-state index contributed by atoms with van der Waals surface area (Å²) in [4.78, 5) is 0. The molecule has 0 aromatic heterocycles. The number of phosphoric acid groups is 1.